The van der Waals surface area contributed by atoms with Crippen LogP contribution in [-0.4, -0.2) is 48.8 Å². The summed E-state index contributed by atoms with van der Waals surface area (Å²) in [6.07, 6.45) is 4.78. The first-order valence-corrected chi connectivity index (χ1v) is 11.6. The van der Waals surface area contributed by atoms with Gasteiger partial charge in [0.15, 0.2) is 6.61 Å². The molecule has 1 aliphatic carbocycles. The van der Waals surface area contributed by atoms with Crippen molar-refractivity contribution in [2.75, 3.05) is 43.1 Å². The number of nitrogens with zero attached hydrogens (tertiary/aromatic N) is 3. The van der Waals surface area contributed by atoms with Crippen molar-refractivity contribution in [1.29, 1.82) is 0 Å². The molecule has 1 unspecified atom stereocenters. The second-order valence-corrected chi connectivity index (χ2v) is 9.28. The molecule has 7 nitrogen and oxygen atoms in total. The van der Waals surface area contributed by atoms with Crippen molar-refractivity contribution in [2.45, 2.75) is 26.2 Å². The Hall–Kier alpha value is -2.71. The summed E-state index contributed by atoms with van der Waals surface area (Å²) < 4.78 is 11.2. The Morgan fingerprint density at radius 2 is 2.06 bits per heavy atom. The van der Waals surface area contributed by atoms with Crippen molar-refractivity contribution in [3.63, 3.8) is 0 Å². The maximum Gasteiger partial charge on any atom is 0.262 e. The molecule has 1 atom stereocenters. The molecule has 31 heavy (non-hydrogen) atoms. The molecule has 1 saturated heterocycles. The molecule has 2 aromatic heterocycles. The van der Waals surface area contributed by atoms with Gasteiger partial charge in [0.25, 0.3) is 5.91 Å². The van der Waals surface area contributed by atoms with Gasteiger partial charge in [-0.05, 0) is 55.0 Å². The number of hydrogen-bond donors (Lipinski definition) is 1. The zero-order valence-electron chi connectivity index (χ0n) is 17.6. The molecule has 162 valence electrons. The van der Waals surface area contributed by atoms with Gasteiger partial charge in [-0.15, -0.1) is 11.3 Å². The normalized spacial score (nSPS) is 18.6. The van der Waals surface area contributed by atoms with Crippen LogP contribution < -0.4 is 15.0 Å². The highest BCUT2D eigenvalue weighted by atomic mass is 32.1. The van der Waals surface area contributed by atoms with Crippen LogP contribution in [0.15, 0.2) is 30.6 Å². The Bertz CT molecular complexity index is 1080. The van der Waals surface area contributed by atoms with Gasteiger partial charge in [-0.3, -0.25) is 4.79 Å². The quantitative estimate of drug-likeness (QED) is 0.655. The molecular formula is C23H26N4O3S. The van der Waals surface area contributed by atoms with E-state index in [0.29, 0.717) is 11.8 Å². The lowest BCUT2D eigenvalue weighted by atomic mass is 9.89. The van der Waals surface area contributed by atoms with Crippen LogP contribution in [0.3, 0.4) is 0 Å². The Kier molecular flexibility index (Phi) is 5.74. The monoisotopic (exact) mass is 438 g/mol. The molecule has 1 fully saturated rings. The lowest BCUT2D eigenvalue weighted by Gasteiger charge is -2.28. The van der Waals surface area contributed by atoms with Crippen LogP contribution in [0, 0.1) is 5.92 Å². The van der Waals surface area contributed by atoms with Gasteiger partial charge in [0, 0.05) is 29.3 Å². The fourth-order valence-corrected chi connectivity index (χ4v) is 5.60. The zero-order chi connectivity index (χ0) is 21.2. The van der Waals surface area contributed by atoms with Crippen LogP contribution in [0.25, 0.3) is 10.2 Å². The first-order valence-electron chi connectivity index (χ1n) is 10.8. The predicted molar refractivity (Wildman–Crippen MR) is 122 cm³/mol. The number of ether oxygens (including phenoxy) is 2. The van der Waals surface area contributed by atoms with E-state index < -0.39 is 0 Å². The highest BCUT2D eigenvalue weighted by Crippen LogP contribution is 2.40. The fraction of sp³-hybridized carbons (Fsp3) is 0.435. The summed E-state index contributed by atoms with van der Waals surface area (Å²) in [5, 5.41) is 3.89. The smallest absolute Gasteiger partial charge is 0.262 e. The Morgan fingerprint density at radius 1 is 1.26 bits per heavy atom. The Morgan fingerprint density at radius 3 is 2.87 bits per heavy atom. The SMILES string of the molecule is CC1CCc2c(sc3ncnc(OCC(=O)Nc4ccc(N5CCOCC5)cc4)c23)C1. The minimum atomic E-state index is -0.205. The maximum absolute atomic E-state index is 12.5. The number of aromatic nitrogens is 2. The second kappa shape index (κ2) is 8.80. The third kappa shape index (κ3) is 4.36. The van der Waals surface area contributed by atoms with E-state index in [2.05, 4.69) is 27.1 Å². The molecule has 2 aliphatic rings. The van der Waals surface area contributed by atoms with Gasteiger partial charge in [-0.25, -0.2) is 9.97 Å². The summed E-state index contributed by atoms with van der Waals surface area (Å²) in [4.78, 5) is 25.8. The van der Waals surface area contributed by atoms with E-state index >= 15 is 0 Å². The second-order valence-electron chi connectivity index (χ2n) is 8.19. The molecule has 1 aromatic carbocycles. The number of thiophene rings is 1. The molecule has 0 bridgehead atoms. The minimum absolute atomic E-state index is 0.0850. The lowest BCUT2D eigenvalue weighted by molar-refractivity contribution is -0.118. The van der Waals surface area contributed by atoms with Gasteiger partial charge in [-0.2, -0.15) is 0 Å². The number of rotatable bonds is 5. The predicted octanol–water partition coefficient (Wildman–Crippen LogP) is 3.67. The van der Waals surface area contributed by atoms with E-state index in [0.717, 1.165) is 67.2 Å². The van der Waals surface area contributed by atoms with Crippen molar-refractivity contribution in [3.8, 4) is 5.88 Å². The number of hydrogen-bond acceptors (Lipinski definition) is 7. The number of nitrogens with one attached hydrogen (secondary N) is 1. The molecule has 0 saturated carbocycles. The first-order chi connectivity index (χ1) is 15.2. The van der Waals surface area contributed by atoms with Gasteiger partial charge < -0.3 is 19.7 Å². The number of carbonyl (C=O) groups is 1. The molecular weight excluding hydrogens is 412 g/mol. The first kappa shape index (κ1) is 20.2. The van der Waals surface area contributed by atoms with E-state index in [4.69, 9.17) is 9.47 Å². The highest BCUT2D eigenvalue weighted by Gasteiger charge is 2.24. The van der Waals surface area contributed by atoms with Crippen LogP contribution in [0.1, 0.15) is 23.8 Å². The summed E-state index contributed by atoms with van der Waals surface area (Å²) in [5.41, 5.74) is 3.19. The van der Waals surface area contributed by atoms with Crippen molar-refractivity contribution < 1.29 is 14.3 Å². The van der Waals surface area contributed by atoms with Crippen LogP contribution in [0.4, 0.5) is 11.4 Å². The summed E-state index contributed by atoms with van der Waals surface area (Å²) in [7, 11) is 0. The van der Waals surface area contributed by atoms with Crippen LogP contribution in [0.5, 0.6) is 5.88 Å². The molecule has 1 N–H and O–H groups in total. The topological polar surface area (TPSA) is 76.6 Å². The number of benzene rings is 1. The largest absolute Gasteiger partial charge is 0.467 e. The van der Waals surface area contributed by atoms with E-state index in [1.807, 2.05) is 24.3 Å². The van der Waals surface area contributed by atoms with E-state index in [1.165, 1.54) is 16.8 Å². The van der Waals surface area contributed by atoms with Gasteiger partial charge in [0.1, 0.15) is 11.2 Å². The number of anilines is 2. The average molecular weight is 439 g/mol. The standard InChI is InChI=1S/C23H26N4O3S/c1-15-2-7-18-19(12-15)31-23-21(18)22(24-14-25-23)30-13-20(28)26-16-3-5-17(6-4-16)27-8-10-29-11-9-27/h3-6,14-15H,2,7-13H2,1H3,(H,26,28). The van der Waals surface area contributed by atoms with Gasteiger partial charge in [0.05, 0.1) is 18.6 Å². The van der Waals surface area contributed by atoms with Gasteiger partial charge in [0.2, 0.25) is 5.88 Å². The summed E-state index contributed by atoms with van der Waals surface area (Å²) in [6.45, 7) is 5.47. The molecule has 8 heteroatoms. The third-order valence-corrected chi connectivity index (χ3v) is 7.09. The molecule has 3 heterocycles. The summed E-state index contributed by atoms with van der Waals surface area (Å²) in [5.74, 6) is 0.997. The van der Waals surface area contributed by atoms with Crippen LogP contribution in [-0.2, 0) is 22.4 Å². The number of carbonyl (C=O) groups excluding carboxylic acids is 1. The fourth-order valence-electron chi connectivity index (χ4n) is 4.26. The number of amides is 1. The summed E-state index contributed by atoms with van der Waals surface area (Å²) in [6, 6.07) is 7.88. The van der Waals surface area contributed by atoms with E-state index in [-0.39, 0.29) is 12.5 Å². The zero-order valence-corrected chi connectivity index (χ0v) is 18.4. The van der Waals surface area contributed by atoms with E-state index in [1.54, 1.807) is 11.3 Å². The number of aryl methyl sites for hydroxylation is 1. The average Bonchev–Trinajstić information content (AvgIpc) is 3.17. The highest BCUT2D eigenvalue weighted by molar-refractivity contribution is 7.18. The lowest BCUT2D eigenvalue weighted by Crippen LogP contribution is -2.36. The number of fused-ring (bicyclic) bond motifs is 3. The van der Waals surface area contributed by atoms with E-state index in [9.17, 15) is 4.79 Å². The molecule has 3 aromatic rings. The molecule has 1 amide bonds. The van der Waals surface area contributed by atoms with Crippen molar-refractivity contribution in [1.82, 2.24) is 9.97 Å². The Labute approximate surface area is 185 Å². The van der Waals surface area contributed by atoms with Crippen molar-refractivity contribution in [2.24, 2.45) is 5.92 Å². The maximum atomic E-state index is 12.5. The van der Waals surface area contributed by atoms with Gasteiger partial charge in [-0.1, -0.05) is 6.92 Å². The number of morpholine rings is 1. The molecule has 1 aliphatic heterocycles. The van der Waals surface area contributed by atoms with Crippen LogP contribution >= 0.6 is 11.3 Å². The Balaban J connectivity index is 1.23. The van der Waals surface area contributed by atoms with Crippen molar-refractivity contribution >= 4 is 38.8 Å². The van der Waals surface area contributed by atoms with Crippen molar-refractivity contribution in [3.05, 3.63) is 41.0 Å². The molecule has 5 rings (SSSR count). The third-order valence-electron chi connectivity index (χ3n) is 5.92. The molecule has 0 spiro atoms. The molecule has 0 radical (unpaired) electrons. The minimum Gasteiger partial charge on any atom is -0.467 e. The van der Waals surface area contributed by atoms with Crippen LogP contribution in [0.2, 0.25) is 0 Å². The van der Waals surface area contributed by atoms with Gasteiger partial charge >= 0.3 is 0 Å². The summed E-state index contributed by atoms with van der Waals surface area (Å²) >= 11 is 1.72.